The highest BCUT2D eigenvalue weighted by Crippen LogP contribution is 2.40. The van der Waals surface area contributed by atoms with Gasteiger partial charge in [-0.2, -0.15) is 0 Å². The lowest BCUT2D eigenvalue weighted by Crippen LogP contribution is -2.51. The molecule has 1 aliphatic heterocycles. The van der Waals surface area contributed by atoms with Crippen LogP contribution in [0.3, 0.4) is 0 Å². The smallest absolute Gasteiger partial charge is 0.336 e. The summed E-state index contributed by atoms with van der Waals surface area (Å²) >= 11 is 0. The minimum Gasteiger partial charge on any atom is -0.485 e. The van der Waals surface area contributed by atoms with Crippen molar-refractivity contribution in [2.45, 2.75) is 31.6 Å². The molecule has 5 nitrogen and oxygen atoms in total. The van der Waals surface area contributed by atoms with Crippen molar-refractivity contribution in [2.24, 2.45) is 5.73 Å². The van der Waals surface area contributed by atoms with Crippen LogP contribution in [0.4, 0.5) is 0 Å². The Labute approximate surface area is 109 Å². The fourth-order valence-electron chi connectivity index (χ4n) is 2.41. The standard InChI is InChI=1S/C14H15NO4/c1-14(2)13(17)12(15)8-5-7-3-4-11(16)18-9(7)6-10(8)19-14/h3-6,12-13,17H,15H2,1-2H3/t12-,13+/m1/s1. The molecule has 0 saturated carbocycles. The molecule has 19 heavy (non-hydrogen) atoms. The van der Waals surface area contributed by atoms with Crippen molar-refractivity contribution in [3.05, 3.63) is 40.2 Å². The second kappa shape index (κ2) is 3.82. The van der Waals surface area contributed by atoms with Gasteiger partial charge in [0.25, 0.3) is 0 Å². The molecule has 2 atom stereocenters. The van der Waals surface area contributed by atoms with Gasteiger partial charge in [0.2, 0.25) is 0 Å². The van der Waals surface area contributed by atoms with E-state index in [4.69, 9.17) is 14.9 Å². The van der Waals surface area contributed by atoms with E-state index in [1.165, 1.54) is 6.07 Å². The fourth-order valence-corrected chi connectivity index (χ4v) is 2.41. The normalized spacial score (nSPS) is 24.8. The summed E-state index contributed by atoms with van der Waals surface area (Å²) in [6.45, 7) is 3.54. The zero-order valence-electron chi connectivity index (χ0n) is 10.7. The molecule has 3 N–H and O–H groups in total. The molecule has 0 unspecified atom stereocenters. The Kier molecular flexibility index (Phi) is 2.45. The molecule has 3 rings (SSSR count). The van der Waals surface area contributed by atoms with Gasteiger partial charge in [0.1, 0.15) is 23.0 Å². The molecule has 0 spiro atoms. The Morgan fingerprint density at radius 3 is 2.79 bits per heavy atom. The van der Waals surface area contributed by atoms with E-state index < -0.39 is 23.4 Å². The average Bonchev–Trinajstić information content (AvgIpc) is 2.34. The zero-order chi connectivity index (χ0) is 13.8. The van der Waals surface area contributed by atoms with Crippen molar-refractivity contribution in [2.75, 3.05) is 0 Å². The third kappa shape index (κ3) is 1.82. The van der Waals surface area contributed by atoms with Crippen LogP contribution in [0.1, 0.15) is 25.5 Å². The summed E-state index contributed by atoms with van der Waals surface area (Å²) < 4.78 is 10.9. The van der Waals surface area contributed by atoms with Gasteiger partial charge in [0.05, 0.1) is 6.04 Å². The van der Waals surface area contributed by atoms with Gasteiger partial charge in [-0.25, -0.2) is 4.79 Å². The minimum absolute atomic E-state index is 0.410. The lowest BCUT2D eigenvalue weighted by molar-refractivity contribution is -0.0570. The van der Waals surface area contributed by atoms with Gasteiger partial charge >= 0.3 is 5.63 Å². The molecule has 5 heteroatoms. The lowest BCUT2D eigenvalue weighted by Gasteiger charge is -2.40. The number of fused-ring (bicyclic) bond motifs is 2. The first kappa shape index (κ1) is 12.2. The van der Waals surface area contributed by atoms with Gasteiger partial charge in [-0.05, 0) is 26.0 Å². The number of aliphatic hydroxyl groups excluding tert-OH is 1. The van der Waals surface area contributed by atoms with Gasteiger partial charge in [-0.3, -0.25) is 0 Å². The van der Waals surface area contributed by atoms with E-state index in [0.29, 0.717) is 16.9 Å². The first-order chi connectivity index (χ1) is 8.88. The molecule has 0 aliphatic carbocycles. The van der Waals surface area contributed by atoms with Crippen LogP contribution in [0, 0.1) is 0 Å². The second-order valence-electron chi connectivity index (χ2n) is 5.36. The third-order valence-corrected chi connectivity index (χ3v) is 3.54. The molecule has 0 amide bonds. The van der Waals surface area contributed by atoms with E-state index in [1.807, 2.05) is 0 Å². The Hall–Kier alpha value is -1.85. The van der Waals surface area contributed by atoms with Crippen LogP contribution in [0.5, 0.6) is 5.75 Å². The number of hydrogen-bond acceptors (Lipinski definition) is 5. The Morgan fingerprint density at radius 1 is 1.32 bits per heavy atom. The molecule has 2 heterocycles. The van der Waals surface area contributed by atoms with Crippen molar-refractivity contribution < 1.29 is 14.3 Å². The van der Waals surface area contributed by atoms with Gasteiger partial charge in [0.15, 0.2) is 0 Å². The van der Waals surface area contributed by atoms with Gasteiger partial charge in [0, 0.05) is 23.1 Å². The summed E-state index contributed by atoms with van der Waals surface area (Å²) in [7, 11) is 0. The van der Waals surface area contributed by atoms with Crippen LogP contribution in [0.25, 0.3) is 11.0 Å². The summed E-state index contributed by atoms with van der Waals surface area (Å²) in [5.41, 5.74) is 6.04. The fraction of sp³-hybridized carbons (Fsp3) is 0.357. The van der Waals surface area contributed by atoms with Crippen molar-refractivity contribution in [1.82, 2.24) is 0 Å². The summed E-state index contributed by atoms with van der Waals surface area (Å²) in [5.74, 6) is 0.546. The predicted molar refractivity (Wildman–Crippen MR) is 70.1 cm³/mol. The quantitative estimate of drug-likeness (QED) is 0.699. The Bertz CT molecular complexity index is 704. The summed E-state index contributed by atoms with van der Waals surface area (Å²) in [6, 6.07) is 5.93. The van der Waals surface area contributed by atoms with Gasteiger partial charge in [-0.1, -0.05) is 0 Å². The van der Waals surface area contributed by atoms with E-state index in [-0.39, 0.29) is 0 Å². The maximum absolute atomic E-state index is 11.2. The average molecular weight is 261 g/mol. The minimum atomic E-state index is -0.798. The van der Waals surface area contributed by atoms with Crippen molar-refractivity contribution >= 4 is 11.0 Å². The molecule has 2 aromatic rings. The maximum Gasteiger partial charge on any atom is 0.336 e. The number of nitrogens with two attached hydrogens (primary N) is 1. The summed E-state index contributed by atoms with van der Waals surface area (Å²) in [5, 5.41) is 10.9. The molecule has 1 aliphatic rings. The van der Waals surface area contributed by atoms with Gasteiger partial charge < -0.3 is 20.0 Å². The summed E-state index contributed by atoms with van der Waals surface area (Å²) in [6.07, 6.45) is -0.798. The molecular weight excluding hydrogens is 246 g/mol. The van der Waals surface area contributed by atoms with Gasteiger partial charge in [-0.15, -0.1) is 0 Å². The van der Waals surface area contributed by atoms with E-state index in [1.54, 1.807) is 32.0 Å². The van der Waals surface area contributed by atoms with E-state index in [0.717, 1.165) is 5.39 Å². The van der Waals surface area contributed by atoms with Crippen LogP contribution in [-0.2, 0) is 0 Å². The van der Waals surface area contributed by atoms with Crippen LogP contribution in [0.2, 0.25) is 0 Å². The predicted octanol–water partition coefficient (Wildman–Crippen LogP) is 1.32. The topological polar surface area (TPSA) is 85.7 Å². The van der Waals surface area contributed by atoms with Crippen LogP contribution < -0.4 is 16.1 Å². The molecule has 1 aromatic carbocycles. The Morgan fingerprint density at radius 2 is 2.05 bits per heavy atom. The largest absolute Gasteiger partial charge is 0.485 e. The van der Waals surface area contributed by atoms with E-state index in [2.05, 4.69) is 0 Å². The monoisotopic (exact) mass is 261 g/mol. The summed E-state index contributed by atoms with van der Waals surface area (Å²) in [4.78, 5) is 11.2. The number of benzene rings is 1. The first-order valence-corrected chi connectivity index (χ1v) is 6.09. The third-order valence-electron chi connectivity index (χ3n) is 3.54. The molecule has 100 valence electrons. The molecule has 1 aromatic heterocycles. The molecule has 0 fully saturated rings. The van der Waals surface area contributed by atoms with Crippen molar-refractivity contribution in [3.8, 4) is 5.75 Å². The highest BCUT2D eigenvalue weighted by Gasteiger charge is 2.41. The number of ether oxygens (including phenoxy) is 1. The second-order valence-corrected chi connectivity index (χ2v) is 5.36. The van der Waals surface area contributed by atoms with Crippen LogP contribution >= 0.6 is 0 Å². The first-order valence-electron chi connectivity index (χ1n) is 6.09. The number of hydrogen-bond donors (Lipinski definition) is 2. The zero-order valence-corrected chi connectivity index (χ0v) is 10.7. The van der Waals surface area contributed by atoms with E-state index >= 15 is 0 Å². The van der Waals surface area contributed by atoms with Crippen molar-refractivity contribution in [3.63, 3.8) is 0 Å². The number of rotatable bonds is 0. The molecule has 0 bridgehead atoms. The van der Waals surface area contributed by atoms with E-state index in [9.17, 15) is 9.90 Å². The molecule has 0 saturated heterocycles. The van der Waals surface area contributed by atoms with Crippen molar-refractivity contribution in [1.29, 1.82) is 0 Å². The molecule has 0 radical (unpaired) electrons. The molecular formula is C14H15NO4. The highest BCUT2D eigenvalue weighted by atomic mass is 16.5. The van der Waals surface area contributed by atoms with Crippen LogP contribution in [0.15, 0.2) is 33.5 Å². The lowest BCUT2D eigenvalue weighted by atomic mass is 9.87. The maximum atomic E-state index is 11.2. The highest BCUT2D eigenvalue weighted by molar-refractivity contribution is 5.79. The SMILES string of the molecule is CC1(C)Oc2cc3oc(=O)ccc3cc2[C@@H](N)[C@@H]1O. The Balaban J connectivity index is 2.25. The number of aliphatic hydroxyl groups is 1. The van der Waals surface area contributed by atoms with Crippen LogP contribution in [-0.4, -0.2) is 16.8 Å².